The molecule has 7 heteroatoms. The van der Waals surface area contributed by atoms with Gasteiger partial charge in [0.05, 0.1) is 0 Å². The van der Waals surface area contributed by atoms with Crippen molar-refractivity contribution in [1.29, 1.82) is 0 Å². The molecule has 2 aromatic rings. The van der Waals surface area contributed by atoms with Gasteiger partial charge in [-0.05, 0) is 0 Å². The molecular formula is C15H25ClN4OTi. The van der Waals surface area contributed by atoms with Crippen LogP contribution in [0.3, 0.4) is 0 Å². The minimum Gasteiger partial charge on any atom is -0.147 e. The van der Waals surface area contributed by atoms with Crippen LogP contribution in [0.5, 0.6) is 5.75 Å². The number of tetrazole rings is 1. The Kier molecular flexibility index (Phi) is 5.82. The van der Waals surface area contributed by atoms with E-state index >= 15 is 0 Å². The summed E-state index contributed by atoms with van der Waals surface area (Å²) in [5, 5.41) is 14.9. The van der Waals surface area contributed by atoms with Crippen LogP contribution in [0.25, 0.3) is 0 Å². The molecule has 0 aliphatic rings. The maximum atomic E-state index is 6.69. The van der Waals surface area contributed by atoms with Crippen molar-refractivity contribution in [1.82, 2.24) is 20.6 Å². The normalized spacial score (nSPS) is 12.6. The van der Waals surface area contributed by atoms with Gasteiger partial charge in [-0.3, -0.25) is 0 Å². The zero-order valence-electron chi connectivity index (χ0n) is 14.0. The van der Waals surface area contributed by atoms with Gasteiger partial charge in [-0.1, -0.05) is 0 Å². The summed E-state index contributed by atoms with van der Waals surface area (Å²) in [5.74, 6) is 0.888. The Balaban J connectivity index is 0.00000242. The first kappa shape index (κ1) is 19.1. The molecule has 0 aliphatic carbocycles. The van der Waals surface area contributed by atoms with Gasteiger partial charge in [-0.2, -0.15) is 0 Å². The van der Waals surface area contributed by atoms with E-state index in [9.17, 15) is 0 Å². The molecule has 0 saturated heterocycles. The average molecular weight is 361 g/mol. The average Bonchev–Trinajstić information content (AvgIpc) is 2.88. The summed E-state index contributed by atoms with van der Waals surface area (Å²) in [6.07, 6.45) is 0. The number of benzene rings is 1. The van der Waals surface area contributed by atoms with E-state index in [4.69, 9.17) is 3.32 Å². The van der Waals surface area contributed by atoms with Crippen molar-refractivity contribution in [2.45, 2.75) is 49.0 Å². The van der Waals surface area contributed by atoms with Gasteiger partial charge in [0.25, 0.3) is 0 Å². The third kappa shape index (κ3) is 3.37. The van der Waals surface area contributed by atoms with E-state index in [0.29, 0.717) is 0 Å². The fourth-order valence-electron chi connectivity index (χ4n) is 3.16. The second-order valence-electron chi connectivity index (χ2n) is 7.35. The molecule has 122 valence electrons. The first-order valence-electron chi connectivity index (χ1n) is 7.17. The Bertz CT molecular complexity index is 562. The maximum absolute atomic E-state index is 6.69. The minimum atomic E-state index is -3.21. The van der Waals surface area contributed by atoms with Crippen molar-refractivity contribution in [3.63, 3.8) is 0 Å². The van der Waals surface area contributed by atoms with E-state index in [1.165, 1.54) is 0 Å². The molecule has 0 aliphatic heterocycles. The standard InChI is InChI=1S/C6H6O.2C4H9.CHN4.ClH.Ti/c7-6-4-2-1-3-5-6;2*1-4(2)3;1-2-4-5-3-1;;/h1-5,7H;2*1-3H3;(H,2,3,4,5);1H;/q;;;;;+1/p-1. The largest absolute Gasteiger partial charge is 0.147 e. The molecule has 0 amide bonds. The second-order valence-corrected chi connectivity index (χ2v) is 15.2. The van der Waals surface area contributed by atoms with Crippen LogP contribution in [0.1, 0.15) is 41.5 Å². The van der Waals surface area contributed by atoms with E-state index < -0.39 is 17.0 Å². The fraction of sp³-hybridized carbons (Fsp3) is 0.533. The molecule has 1 heterocycles. The van der Waals surface area contributed by atoms with E-state index in [0.717, 1.165) is 9.88 Å². The number of aromatic amines is 1. The van der Waals surface area contributed by atoms with Crippen molar-refractivity contribution >= 4 is 16.5 Å². The summed E-state index contributed by atoms with van der Waals surface area (Å²) < 4.78 is 7.46. The van der Waals surface area contributed by atoms with Crippen molar-refractivity contribution < 1.29 is 20.3 Å². The SMILES string of the molecule is C[C](C)(C)[Ti]([O]c1ccccc1)([c]1nnn[nH]1)[C](C)(C)C.Cl. The summed E-state index contributed by atoms with van der Waals surface area (Å²) in [6, 6.07) is 9.98. The van der Waals surface area contributed by atoms with Gasteiger partial charge in [-0.25, -0.2) is 0 Å². The van der Waals surface area contributed by atoms with Gasteiger partial charge in [0, 0.05) is 0 Å². The molecule has 0 saturated carbocycles. The van der Waals surface area contributed by atoms with Crippen LogP contribution >= 0.6 is 12.4 Å². The van der Waals surface area contributed by atoms with E-state index in [1.807, 2.05) is 30.3 Å². The smallest absolute Gasteiger partial charge is 0.147 e. The molecule has 0 atom stereocenters. The molecule has 0 unspecified atom stereocenters. The number of hydrogen-bond acceptors (Lipinski definition) is 4. The van der Waals surface area contributed by atoms with E-state index in [1.54, 1.807) is 0 Å². The third-order valence-electron chi connectivity index (χ3n) is 3.81. The number of para-hydroxylation sites is 1. The summed E-state index contributed by atoms with van der Waals surface area (Å²) >= 11 is -3.21. The van der Waals surface area contributed by atoms with Gasteiger partial charge < -0.3 is 0 Å². The van der Waals surface area contributed by atoms with E-state index in [2.05, 4.69) is 62.2 Å². The van der Waals surface area contributed by atoms with Crippen molar-refractivity contribution in [3.8, 4) is 5.75 Å². The van der Waals surface area contributed by atoms with Crippen LogP contribution < -0.4 is 7.45 Å². The van der Waals surface area contributed by atoms with Crippen LogP contribution in [0.2, 0.25) is 7.44 Å². The Morgan fingerprint density at radius 3 is 1.91 bits per heavy atom. The van der Waals surface area contributed by atoms with Gasteiger partial charge in [0.2, 0.25) is 0 Å². The molecule has 1 N–H and O–H groups in total. The van der Waals surface area contributed by atoms with Crippen molar-refractivity contribution in [2.75, 3.05) is 0 Å². The van der Waals surface area contributed by atoms with Gasteiger partial charge >= 0.3 is 130 Å². The number of aromatic nitrogens is 4. The number of rotatable bonds is 3. The molecule has 0 spiro atoms. The molecule has 0 radical (unpaired) electrons. The zero-order valence-corrected chi connectivity index (χ0v) is 16.4. The summed E-state index contributed by atoms with van der Waals surface area (Å²) in [6.45, 7) is 13.4. The summed E-state index contributed by atoms with van der Waals surface area (Å²) in [4.78, 5) is 0. The number of halogens is 1. The first-order valence-corrected chi connectivity index (χ1v) is 10.1. The Morgan fingerprint density at radius 1 is 0.955 bits per heavy atom. The van der Waals surface area contributed by atoms with Crippen LogP contribution in [0, 0.1) is 0 Å². The quantitative estimate of drug-likeness (QED) is 0.845. The number of nitrogens with one attached hydrogen (secondary N) is 1. The van der Waals surface area contributed by atoms with Crippen LogP contribution in [-0.4, -0.2) is 20.6 Å². The predicted molar refractivity (Wildman–Crippen MR) is 87.6 cm³/mol. The van der Waals surface area contributed by atoms with Crippen LogP contribution in [0.15, 0.2) is 30.3 Å². The van der Waals surface area contributed by atoms with E-state index in [-0.39, 0.29) is 19.8 Å². The summed E-state index contributed by atoms with van der Waals surface area (Å²) in [5.41, 5.74) is 0. The third-order valence-corrected chi connectivity index (χ3v) is 12.6. The van der Waals surface area contributed by atoms with Gasteiger partial charge in [0.15, 0.2) is 0 Å². The molecule has 5 nitrogen and oxygen atoms in total. The number of nitrogens with zero attached hydrogens (tertiary/aromatic N) is 3. The predicted octanol–water partition coefficient (Wildman–Crippen LogP) is 3.83. The maximum Gasteiger partial charge on any atom is -0.147 e. The zero-order chi connectivity index (χ0) is 15.7. The fourth-order valence-corrected chi connectivity index (χ4v) is 11.4. The molecule has 1 aromatic carbocycles. The topological polar surface area (TPSA) is 63.7 Å². The second kappa shape index (κ2) is 6.69. The molecule has 2 rings (SSSR count). The van der Waals surface area contributed by atoms with Gasteiger partial charge in [0.1, 0.15) is 0 Å². The van der Waals surface area contributed by atoms with Crippen LogP contribution in [-0.2, 0) is 17.0 Å². The molecule has 22 heavy (non-hydrogen) atoms. The minimum absolute atomic E-state index is 0. The van der Waals surface area contributed by atoms with Crippen molar-refractivity contribution in [3.05, 3.63) is 30.3 Å². The number of hydrogen-bond donors (Lipinski definition) is 1. The Morgan fingerprint density at radius 2 is 1.50 bits per heavy atom. The van der Waals surface area contributed by atoms with Gasteiger partial charge in [-0.15, -0.1) is 12.4 Å². The first-order chi connectivity index (χ1) is 9.68. The van der Waals surface area contributed by atoms with Crippen molar-refractivity contribution in [2.24, 2.45) is 0 Å². The molecular weight excluding hydrogens is 336 g/mol. The Labute approximate surface area is 142 Å². The number of H-pyrrole nitrogens is 1. The monoisotopic (exact) mass is 360 g/mol. The molecule has 0 fully saturated rings. The Hall–Kier alpha value is -0.906. The molecule has 1 aromatic heterocycles. The summed E-state index contributed by atoms with van der Waals surface area (Å²) in [7, 11) is 0. The molecule has 0 bridgehead atoms. The van der Waals surface area contributed by atoms with Crippen LogP contribution in [0.4, 0.5) is 0 Å².